The zero-order valence-corrected chi connectivity index (χ0v) is 10.1. The van der Waals surface area contributed by atoms with E-state index in [9.17, 15) is 5.11 Å². The van der Waals surface area contributed by atoms with Gasteiger partial charge < -0.3 is 10.0 Å². The maximum atomic E-state index is 10.3. The van der Waals surface area contributed by atoms with Crippen molar-refractivity contribution in [2.24, 2.45) is 5.41 Å². The molecule has 0 amide bonds. The molecule has 0 fully saturated rings. The van der Waals surface area contributed by atoms with Gasteiger partial charge in [0.1, 0.15) is 0 Å². The molecule has 0 bridgehead atoms. The van der Waals surface area contributed by atoms with Crippen LogP contribution in [0.2, 0.25) is 0 Å². The van der Waals surface area contributed by atoms with Crippen LogP contribution in [0.1, 0.15) is 25.5 Å². The number of aliphatic hydroxyl groups excluding tert-OH is 1. The lowest BCUT2D eigenvalue weighted by Gasteiger charge is -2.33. The molecule has 0 aliphatic heterocycles. The third kappa shape index (κ3) is 3.33. The molecule has 0 aromatic heterocycles. The minimum atomic E-state index is -0.416. The molecular weight excluding hydrogens is 186 g/mol. The van der Waals surface area contributed by atoms with Gasteiger partial charge in [-0.3, -0.25) is 0 Å². The molecule has 1 N–H and O–H groups in total. The Balaban J connectivity index is 2.79. The molecular formula is C13H21NO. The van der Waals surface area contributed by atoms with Gasteiger partial charge >= 0.3 is 0 Å². The van der Waals surface area contributed by atoms with Crippen LogP contribution in [-0.2, 0) is 0 Å². The fourth-order valence-corrected chi connectivity index (χ4v) is 1.99. The molecule has 0 aliphatic rings. The molecule has 0 aliphatic carbocycles. The van der Waals surface area contributed by atoms with E-state index in [1.165, 1.54) is 0 Å². The minimum Gasteiger partial charge on any atom is -0.388 e. The molecule has 0 spiro atoms. The van der Waals surface area contributed by atoms with Crippen LogP contribution in [0.3, 0.4) is 0 Å². The molecule has 84 valence electrons. The Morgan fingerprint density at radius 2 is 1.73 bits per heavy atom. The van der Waals surface area contributed by atoms with Gasteiger partial charge in [-0.05, 0) is 19.7 Å². The quantitative estimate of drug-likeness (QED) is 0.819. The van der Waals surface area contributed by atoms with Crippen LogP contribution in [0, 0.1) is 5.41 Å². The smallest absolute Gasteiger partial charge is 0.0853 e. The van der Waals surface area contributed by atoms with E-state index in [0.29, 0.717) is 0 Å². The van der Waals surface area contributed by atoms with E-state index >= 15 is 0 Å². The zero-order valence-electron chi connectivity index (χ0n) is 10.1. The summed E-state index contributed by atoms with van der Waals surface area (Å²) in [6.07, 6.45) is -0.416. The first kappa shape index (κ1) is 12.2. The van der Waals surface area contributed by atoms with Gasteiger partial charge in [0.25, 0.3) is 0 Å². The predicted octanol–water partition coefficient (Wildman–Crippen LogP) is 2.31. The van der Waals surface area contributed by atoms with Crippen LogP contribution in [0.5, 0.6) is 0 Å². The highest BCUT2D eigenvalue weighted by Gasteiger charge is 2.29. The Morgan fingerprint density at radius 1 is 1.20 bits per heavy atom. The topological polar surface area (TPSA) is 23.5 Å². The van der Waals surface area contributed by atoms with E-state index in [1.54, 1.807) is 0 Å². The average Bonchev–Trinajstić information content (AvgIpc) is 2.16. The molecule has 0 saturated carbocycles. The van der Waals surface area contributed by atoms with Crippen molar-refractivity contribution in [3.63, 3.8) is 0 Å². The van der Waals surface area contributed by atoms with E-state index in [1.807, 2.05) is 44.4 Å². The fourth-order valence-electron chi connectivity index (χ4n) is 1.99. The second-order valence-electron chi connectivity index (χ2n) is 5.04. The summed E-state index contributed by atoms with van der Waals surface area (Å²) in [4.78, 5) is 2.10. The Labute approximate surface area is 92.5 Å². The van der Waals surface area contributed by atoms with Crippen molar-refractivity contribution in [2.75, 3.05) is 20.6 Å². The lowest BCUT2D eigenvalue weighted by molar-refractivity contribution is 0.0307. The van der Waals surface area contributed by atoms with Gasteiger partial charge in [0.15, 0.2) is 0 Å². The SMILES string of the molecule is CN(C)CC(C)(C)C(O)c1ccccc1. The Kier molecular flexibility index (Phi) is 3.89. The third-order valence-corrected chi connectivity index (χ3v) is 2.58. The molecule has 1 aromatic carbocycles. The first-order valence-corrected chi connectivity index (χ1v) is 5.31. The maximum absolute atomic E-state index is 10.3. The highest BCUT2D eigenvalue weighted by atomic mass is 16.3. The number of aliphatic hydroxyl groups is 1. The second kappa shape index (κ2) is 4.77. The van der Waals surface area contributed by atoms with Crippen molar-refractivity contribution in [2.45, 2.75) is 20.0 Å². The highest BCUT2D eigenvalue weighted by molar-refractivity contribution is 5.19. The van der Waals surface area contributed by atoms with Gasteiger partial charge in [0.05, 0.1) is 6.10 Å². The van der Waals surface area contributed by atoms with Gasteiger partial charge in [0.2, 0.25) is 0 Å². The monoisotopic (exact) mass is 207 g/mol. The van der Waals surface area contributed by atoms with E-state index in [4.69, 9.17) is 0 Å². The molecule has 1 atom stereocenters. The Hall–Kier alpha value is -0.860. The summed E-state index contributed by atoms with van der Waals surface area (Å²) in [6, 6.07) is 9.84. The zero-order chi connectivity index (χ0) is 11.5. The normalized spacial score (nSPS) is 14.3. The predicted molar refractivity (Wildman–Crippen MR) is 63.7 cm³/mol. The van der Waals surface area contributed by atoms with E-state index < -0.39 is 6.10 Å². The number of benzene rings is 1. The van der Waals surface area contributed by atoms with Gasteiger partial charge in [-0.2, -0.15) is 0 Å². The second-order valence-corrected chi connectivity index (χ2v) is 5.04. The molecule has 2 nitrogen and oxygen atoms in total. The first-order chi connectivity index (χ1) is 6.93. The van der Waals surface area contributed by atoms with Crippen molar-refractivity contribution in [1.29, 1.82) is 0 Å². The number of nitrogens with zero attached hydrogens (tertiary/aromatic N) is 1. The molecule has 0 heterocycles. The fraction of sp³-hybridized carbons (Fsp3) is 0.538. The Bertz CT molecular complexity index is 293. The summed E-state index contributed by atoms with van der Waals surface area (Å²) in [5.74, 6) is 0. The maximum Gasteiger partial charge on any atom is 0.0853 e. The van der Waals surface area contributed by atoms with E-state index in [0.717, 1.165) is 12.1 Å². The summed E-state index contributed by atoms with van der Waals surface area (Å²) in [7, 11) is 4.05. The summed E-state index contributed by atoms with van der Waals surface area (Å²) in [6.45, 7) is 5.04. The molecule has 0 radical (unpaired) electrons. The van der Waals surface area contributed by atoms with Crippen LogP contribution in [0.25, 0.3) is 0 Å². The van der Waals surface area contributed by atoms with Gasteiger partial charge in [0, 0.05) is 12.0 Å². The lowest BCUT2D eigenvalue weighted by atomic mass is 9.82. The largest absolute Gasteiger partial charge is 0.388 e. The molecule has 0 saturated heterocycles. The van der Waals surface area contributed by atoms with Crippen molar-refractivity contribution in [1.82, 2.24) is 4.90 Å². The number of rotatable bonds is 4. The van der Waals surface area contributed by atoms with Crippen LogP contribution in [-0.4, -0.2) is 30.6 Å². The van der Waals surface area contributed by atoms with Crippen molar-refractivity contribution in [3.05, 3.63) is 35.9 Å². The standard InChI is InChI=1S/C13H21NO/c1-13(2,10-14(3)4)12(15)11-8-6-5-7-9-11/h5-9,12,15H,10H2,1-4H3. The molecule has 1 rings (SSSR count). The van der Waals surface area contributed by atoms with Crippen LogP contribution in [0.15, 0.2) is 30.3 Å². The summed E-state index contributed by atoms with van der Waals surface area (Å²) in [5, 5.41) is 10.3. The van der Waals surface area contributed by atoms with Crippen molar-refractivity contribution < 1.29 is 5.11 Å². The number of hydrogen-bond acceptors (Lipinski definition) is 2. The highest BCUT2D eigenvalue weighted by Crippen LogP contribution is 2.33. The van der Waals surface area contributed by atoms with E-state index in [2.05, 4.69) is 18.7 Å². The Morgan fingerprint density at radius 3 is 2.20 bits per heavy atom. The van der Waals surface area contributed by atoms with Crippen molar-refractivity contribution in [3.8, 4) is 0 Å². The minimum absolute atomic E-state index is 0.134. The van der Waals surface area contributed by atoms with Gasteiger partial charge in [-0.25, -0.2) is 0 Å². The lowest BCUT2D eigenvalue weighted by Crippen LogP contribution is -2.33. The molecule has 1 aromatic rings. The summed E-state index contributed by atoms with van der Waals surface area (Å²) >= 11 is 0. The molecule has 15 heavy (non-hydrogen) atoms. The van der Waals surface area contributed by atoms with Crippen molar-refractivity contribution >= 4 is 0 Å². The summed E-state index contributed by atoms with van der Waals surface area (Å²) in [5.41, 5.74) is 0.856. The van der Waals surface area contributed by atoms with Crippen LogP contribution < -0.4 is 0 Å². The van der Waals surface area contributed by atoms with Crippen LogP contribution in [0.4, 0.5) is 0 Å². The summed E-state index contributed by atoms with van der Waals surface area (Å²) < 4.78 is 0. The molecule has 2 heteroatoms. The van der Waals surface area contributed by atoms with Gasteiger partial charge in [-0.1, -0.05) is 44.2 Å². The van der Waals surface area contributed by atoms with Gasteiger partial charge in [-0.15, -0.1) is 0 Å². The third-order valence-electron chi connectivity index (χ3n) is 2.58. The average molecular weight is 207 g/mol. The first-order valence-electron chi connectivity index (χ1n) is 5.31. The van der Waals surface area contributed by atoms with E-state index in [-0.39, 0.29) is 5.41 Å². The molecule has 1 unspecified atom stereocenters. The number of hydrogen-bond donors (Lipinski definition) is 1. The van der Waals surface area contributed by atoms with Crippen LogP contribution >= 0.6 is 0 Å².